The lowest BCUT2D eigenvalue weighted by atomic mass is 9.86. The van der Waals surface area contributed by atoms with Gasteiger partial charge in [0, 0.05) is 18.5 Å². The van der Waals surface area contributed by atoms with E-state index in [0.717, 1.165) is 0 Å². The average Bonchev–Trinajstić information content (AvgIpc) is 2.67. The number of rotatable bonds is 3. The van der Waals surface area contributed by atoms with Crippen molar-refractivity contribution in [3.05, 3.63) is 0 Å². The molecule has 2 aliphatic carbocycles. The van der Waals surface area contributed by atoms with E-state index in [4.69, 9.17) is 5.73 Å². The molecule has 3 N–H and O–H groups in total. The minimum atomic E-state index is 0.0500. The summed E-state index contributed by atoms with van der Waals surface area (Å²) in [7, 11) is 0. The maximum Gasteiger partial charge on any atom is 0.223 e. The number of carbonyl (C=O) groups is 1. The van der Waals surface area contributed by atoms with Crippen LogP contribution < -0.4 is 11.1 Å². The molecule has 0 heterocycles. The molecule has 3 heteroatoms. The van der Waals surface area contributed by atoms with Crippen LogP contribution >= 0.6 is 0 Å². The van der Waals surface area contributed by atoms with Gasteiger partial charge in [0.2, 0.25) is 5.91 Å². The van der Waals surface area contributed by atoms with Gasteiger partial charge in [-0.2, -0.15) is 0 Å². The third kappa shape index (κ3) is 2.10. The predicted octanol–water partition coefficient (Wildman–Crippen LogP) is 1.52. The summed E-state index contributed by atoms with van der Waals surface area (Å²) in [6, 6.07) is 0.0985. The summed E-state index contributed by atoms with van der Waals surface area (Å²) in [5.74, 6) is 1.95. The van der Waals surface area contributed by atoms with Crippen LogP contribution in [0.25, 0.3) is 0 Å². The second-order valence-corrected chi connectivity index (χ2v) is 6.45. The SMILES string of the molecule is CC(C)(C)C(CN)NC(=O)C1C2CCCC21. The summed E-state index contributed by atoms with van der Waals surface area (Å²) in [6.45, 7) is 6.90. The van der Waals surface area contributed by atoms with Crippen molar-refractivity contribution in [2.45, 2.75) is 46.1 Å². The third-order valence-corrected chi connectivity index (χ3v) is 4.31. The zero-order valence-corrected chi connectivity index (χ0v) is 10.6. The van der Waals surface area contributed by atoms with Crippen LogP contribution in [0.2, 0.25) is 0 Å². The molecule has 0 radical (unpaired) electrons. The van der Waals surface area contributed by atoms with E-state index in [0.29, 0.717) is 24.3 Å². The Morgan fingerprint density at radius 2 is 1.94 bits per heavy atom. The quantitative estimate of drug-likeness (QED) is 0.763. The van der Waals surface area contributed by atoms with Crippen LogP contribution in [0.15, 0.2) is 0 Å². The molecule has 92 valence electrons. The van der Waals surface area contributed by atoms with E-state index >= 15 is 0 Å². The van der Waals surface area contributed by atoms with Gasteiger partial charge in [0.15, 0.2) is 0 Å². The number of nitrogens with two attached hydrogens (primary N) is 1. The number of fused-ring (bicyclic) bond motifs is 1. The van der Waals surface area contributed by atoms with Gasteiger partial charge in [-0.15, -0.1) is 0 Å². The van der Waals surface area contributed by atoms with Crippen molar-refractivity contribution in [2.75, 3.05) is 6.54 Å². The Balaban J connectivity index is 1.87. The van der Waals surface area contributed by atoms with Crippen molar-refractivity contribution >= 4 is 5.91 Å². The molecule has 3 unspecified atom stereocenters. The van der Waals surface area contributed by atoms with Gasteiger partial charge in [0.05, 0.1) is 0 Å². The molecular weight excluding hydrogens is 200 g/mol. The van der Waals surface area contributed by atoms with E-state index in [1.165, 1.54) is 19.3 Å². The third-order valence-electron chi connectivity index (χ3n) is 4.31. The molecule has 0 aromatic carbocycles. The number of amides is 1. The molecule has 3 atom stereocenters. The molecule has 2 saturated carbocycles. The van der Waals surface area contributed by atoms with Crippen LogP contribution in [-0.2, 0) is 4.79 Å². The van der Waals surface area contributed by atoms with Crippen molar-refractivity contribution in [3.8, 4) is 0 Å². The molecule has 2 aliphatic rings. The zero-order chi connectivity index (χ0) is 11.9. The molecule has 3 nitrogen and oxygen atoms in total. The van der Waals surface area contributed by atoms with Crippen LogP contribution in [0.5, 0.6) is 0 Å². The first-order valence-electron chi connectivity index (χ1n) is 6.45. The van der Waals surface area contributed by atoms with Crippen molar-refractivity contribution in [1.82, 2.24) is 5.32 Å². The summed E-state index contributed by atoms with van der Waals surface area (Å²) in [5.41, 5.74) is 5.78. The Morgan fingerprint density at radius 3 is 2.38 bits per heavy atom. The van der Waals surface area contributed by atoms with Gasteiger partial charge >= 0.3 is 0 Å². The molecule has 0 aromatic rings. The van der Waals surface area contributed by atoms with Crippen molar-refractivity contribution in [1.29, 1.82) is 0 Å². The van der Waals surface area contributed by atoms with Crippen LogP contribution in [0.1, 0.15) is 40.0 Å². The van der Waals surface area contributed by atoms with Gasteiger partial charge in [-0.3, -0.25) is 4.79 Å². The summed E-state index contributed by atoms with van der Waals surface area (Å²) in [4.78, 5) is 12.1. The first-order valence-corrected chi connectivity index (χ1v) is 6.45. The van der Waals surface area contributed by atoms with Gasteiger partial charge in [0.25, 0.3) is 0 Å². The molecule has 0 bridgehead atoms. The smallest absolute Gasteiger partial charge is 0.223 e. The number of nitrogens with one attached hydrogen (secondary N) is 1. The molecular formula is C13H24N2O. The summed E-state index contributed by atoms with van der Waals surface area (Å²) in [5, 5.41) is 3.13. The van der Waals surface area contributed by atoms with Crippen molar-refractivity contribution in [3.63, 3.8) is 0 Å². The van der Waals surface area contributed by atoms with Crippen molar-refractivity contribution < 1.29 is 4.79 Å². The normalized spacial score (nSPS) is 34.4. The van der Waals surface area contributed by atoms with Gasteiger partial charge < -0.3 is 11.1 Å². The van der Waals surface area contributed by atoms with Gasteiger partial charge in [-0.25, -0.2) is 0 Å². The van der Waals surface area contributed by atoms with Gasteiger partial charge in [-0.05, 0) is 30.1 Å². The molecule has 1 amide bonds. The van der Waals surface area contributed by atoms with Crippen LogP contribution in [0, 0.1) is 23.2 Å². The van der Waals surface area contributed by atoms with E-state index in [1.54, 1.807) is 0 Å². The van der Waals surface area contributed by atoms with Crippen LogP contribution in [0.3, 0.4) is 0 Å². The summed E-state index contributed by atoms with van der Waals surface area (Å²) < 4.78 is 0. The minimum Gasteiger partial charge on any atom is -0.351 e. The largest absolute Gasteiger partial charge is 0.351 e. The fourth-order valence-electron chi connectivity index (χ4n) is 3.11. The molecule has 16 heavy (non-hydrogen) atoms. The van der Waals surface area contributed by atoms with Crippen LogP contribution in [-0.4, -0.2) is 18.5 Å². The maximum atomic E-state index is 12.1. The zero-order valence-electron chi connectivity index (χ0n) is 10.6. The Hall–Kier alpha value is -0.570. The predicted molar refractivity (Wildman–Crippen MR) is 64.8 cm³/mol. The highest BCUT2D eigenvalue weighted by molar-refractivity contribution is 5.82. The lowest BCUT2D eigenvalue weighted by Crippen LogP contribution is -2.49. The highest BCUT2D eigenvalue weighted by Crippen LogP contribution is 2.57. The molecule has 0 saturated heterocycles. The molecule has 0 aliphatic heterocycles. The first kappa shape index (κ1) is 11.9. The summed E-state index contributed by atoms with van der Waals surface area (Å²) in [6.07, 6.45) is 3.83. The number of hydrogen-bond acceptors (Lipinski definition) is 2. The lowest BCUT2D eigenvalue weighted by Gasteiger charge is -2.30. The lowest BCUT2D eigenvalue weighted by molar-refractivity contribution is -0.124. The Kier molecular flexibility index (Phi) is 2.99. The van der Waals surface area contributed by atoms with Gasteiger partial charge in [-0.1, -0.05) is 27.2 Å². The molecule has 0 aromatic heterocycles. The Bertz CT molecular complexity index is 272. The molecule has 0 spiro atoms. The maximum absolute atomic E-state index is 12.1. The van der Waals surface area contributed by atoms with Crippen LogP contribution in [0.4, 0.5) is 0 Å². The topological polar surface area (TPSA) is 55.1 Å². The number of hydrogen-bond donors (Lipinski definition) is 2. The fourth-order valence-corrected chi connectivity index (χ4v) is 3.11. The van der Waals surface area contributed by atoms with E-state index < -0.39 is 0 Å². The fraction of sp³-hybridized carbons (Fsp3) is 0.923. The van der Waals surface area contributed by atoms with E-state index in [1.807, 2.05) is 0 Å². The Labute approximate surface area is 98.2 Å². The molecule has 2 rings (SSSR count). The highest BCUT2D eigenvalue weighted by Gasteiger charge is 2.56. The first-order chi connectivity index (χ1) is 7.45. The Morgan fingerprint density at radius 1 is 1.38 bits per heavy atom. The summed E-state index contributed by atoms with van der Waals surface area (Å²) >= 11 is 0. The van der Waals surface area contributed by atoms with E-state index in [9.17, 15) is 4.79 Å². The van der Waals surface area contributed by atoms with E-state index in [-0.39, 0.29) is 17.4 Å². The standard InChI is InChI=1S/C13H24N2O/c1-13(2,3)10(7-14)15-12(16)11-8-5-4-6-9(8)11/h8-11H,4-7,14H2,1-3H3,(H,15,16). The second-order valence-electron chi connectivity index (χ2n) is 6.45. The second kappa shape index (κ2) is 4.02. The van der Waals surface area contributed by atoms with E-state index in [2.05, 4.69) is 26.1 Å². The number of carbonyl (C=O) groups excluding carboxylic acids is 1. The van der Waals surface area contributed by atoms with Gasteiger partial charge in [0.1, 0.15) is 0 Å². The average molecular weight is 224 g/mol. The molecule has 2 fully saturated rings. The minimum absolute atomic E-state index is 0.0500. The highest BCUT2D eigenvalue weighted by atomic mass is 16.2. The van der Waals surface area contributed by atoms with Crippen molar-refractivity contribution in [2.24, 2.45) is 28.9 Å². The monoisotopic (exact) mass is 224 g/mol.